The molecule has 3 saturated carbocycles. The second kappa shape index (κ2) is 8.44. The summed E-state index contributed by atoms with van der Waals surface area (Å²) in [5, 5.41) is 3.62. The van der Waals surface area contributed by atoms with Crippen molar-refractivity contribution in [1.82, 2.24) is 10.8 Å². The van der Waals surface area contributed by atoms with Gasteiger partial charge in [-0.05, 0) is 112 Å². The Balaban J connectivity index is 1.64. The summed E-state index contributed by atoms with van der Waals surface area (Å²) in [6.45, 7) is 14.9. The Morgan fingerprint density at radius 2 is 1.74 bits per heavy atom. The number of hydrogen-bond acceptors (Lipinski definition) is 3. The van der Waals surface area contributed by atoms with Crippen molar-refractivity contribution in [2.75, 3.05) is 14.1 Å². The standard InChI is InChI=1S/C28H50N2O/c1-18(2)20(4)28(31-30-8)14-11-22-23-10-12-26(5)17-21(29-7)9-13-27(26,6)25(23)15-24(22)19(3)16-28/h18,20-23,25,29-30H,9-17H2,1-8H3/t20-,21?,22+,23+,25+,26-,27-,28+/m1/s1. The van der Waals surface area contributed by atoms with E-state index in [1.54, 1.807) is 5.57 Å². The third-order valence-electron chi connectivity index (χ3n) is 11.4. The largest absolute Gasteiger partial charge is 0.317 e. The van der Waals surface area contributed by atoms with E-state index in [1.165, 1.54) is 51.4 Å². The molecule has 3 fully saturated rings. The van der Waals surface area contributed by atoms with Gasteiger partial charge in [-0.25, -0.2) is 5.48 Å². The van der Waals surface area contributed by atoms with E-state index in [9.17, 15) is 0 Å². The van der Waals surface area contributed by atoms with Crippen LogP contribution in [0.2, 0.25) is 0 Å². The lowest BCUT2D eigenvalue weighted by Gasteiger charge is -2.60. The lowest BCUT2D eigenvalue weighted by molar-refractivity contribution is -0.145. The predicted molar refractivity (Wildman–Crippen MR) is 131 cm³/mol. The smallest absolute Gasteiger partial charge is 0.0961 e. The highest BCUT2D eigenvalue weighted by atomic mass is 16.7. The maximum absolute atomic E-state index is 6.40. The van der Waals surface area contributed by atoms with E-state index in [1.807, 2.05) is 12.6 Å². The first kappa shape index (κ1) is 23.8. The number of rotatable bonds is 5. The molecule has 3 heteroatoms. The highest BCUT2D eigenvalue weighted by Crippen LogP contribution is 2.69. The van der Waals surface area contributed by atoms with E-state index in [4.69, 9.17) is 4.84 Å². The Labute approximate surface area is 192 Å². The Bertz CT molecular complexity index is 701. The van der Waals surface area contributed by atoms with Crippen molar-refractivity contribution in [3.05, 3.63) is 11.1 Å². The Hall–Kier alpha value is -0.380. The van der Waals surface area contributed by atoms with Gasteiger partial charge in [0.2, 0.25) is 0 Å². The van der Waals surface area contributed by atoms with Crippen molar-refractivity contribution in [2.45, 2.75) is 111 Å². The maximum Gasteiger partial charge on any atom is 0.0961 e. The quantitative estimate of drug-likeness (QED) is 0.386. The van der Waals surface area contributed by atoms with E-state index in [2.05, 4.69) is 59.4 Å². The van der Waals surface area contributed by atoms with Gasteiger partial charge in [0.05, 0.1) is 5.60 Å². The Morgan fingerprint density at radius 1 is 1.00 bits per heavy atom. The summed E-state index contributed by atoms with van der Waals surface area (Å²) < 4.78 is 0. The molecular formula is C28H50N2O. The molecule has 0 aromatic rings. The van der Waals surface area contributed by atoms with Crippen LogP contribution in [0.5, 0.6) is 0 Å². The maximum atomic E-state index is 6.40. The van der Waals surface area contributed by atoms with Crippen LogP contribution in [0.3, 0.4) is 0 Å². The minimum atomic E-state index is -0.0578. The van der Waals surface area contributed by atoms with E-state index < -0.39 is 0 Å². The van der Waals surface area contributed by atoms with Crippen LogP contribution in [0, 0.1) is 40.4 Å². The first-order valence-electron chi connectivity index (χ1n) is 13.3. The minimum absolute atomic E-state index is 0.0578. The number of nitrogens with one attached hydrogen (secondary N) is 2. The van der Waals surface area contributed by atoms with Gasteiger partial charge in [-0.3, -0.25) is 4.84 Å². The topological polar surface area (TPSA) is 33.3 Å². The van der Waals surface area contributed by atoms with Crippen LogP contribution < -0.4 is 10.8 Å². The predicted octanol–water partition coefficient (Wildman–Crippen LogP) is 6.50. The molecule has 3 nitrogen and oxygen atoms in total. The van der Waals surface area contributed by atoms with Crippen molar-refractivity contribution < 1.29 is 4.84 Å². The molecule has 8 atom stereocenters. The second-order valence-electron chi connectivity index (χ2n) is 12.8. The van der Waals surface area contributed by atoms with Crippen molar-refractivity contribution >= 4 is 0 Å². The molecule has 4 aliphatic rings. The van der Waals surface area contributed by atoms with Crippen LogP contribution in [0.25, 0.3) is 0 Å². The molecular weight excluding hydrogens is 380 g/mol. The van der Waals surface area contributed by atoms with Crippen LogP contribution in [-0.2, 0) is 4.84 Å². The monoisotopic (exact) mass is 430 g/mol. The molecule has 0 aromatic heterocycles. The number of hydrogen-bond donors (Lipinski definition) is 2. The SMILES string of the molecule is CNO[C@@]1([C@H](C)C(C)C)CC[C@@H]2C(=C(C)C1)C[C@H]1[C@H]2CC[C@]2(C)CC(NC)CC[C@]12C. The summed E-state index contributed by atoms with van der Waals surface area (Å²) in [5.41, 5.74) is 7.57. The Kier molecular flexibility index (Phi) is 6.47. The third kappa shape index (κ3) is 3.66. The highest BCUT2D eigenvalue weighted by molar-refractivity contribution is 5.29. The van der Waals surface area contributed by atoms with Crippen molar-refractivity contribution in [3.8, 4) is 0 Å². The summed E-state index contributed by atoms with van der Waals surface area (Å²) in [7, 11) is 4.12. The van der Waals surface area contributed by atoms with Gasteiger partial charge < -0.3 is 5.32 Å². The molecule has 0 heterocycles. The third-order valence-corrected chi connectivity index (χ3v) is 11.4. The average Bonchev–Trinajstić information content (AvgIpc) is 3.05. The molecule has 0 radical (unpaired) electrons. The lowest BCUT2D eigenvalue weighted by atomic mass is 9.45. The van der Waals surface area contributed by atoms with E-state index in [0.717, 1.165) is 30.2 Å². The molecule has 178 valence electrons. The molecule has 0 bridgehead atoms. The van der Waals surface area contributed by atoms with E-state index in [-0.39, 0.29) is 5.60 Å². The summed E-state index contributed by atoms with van der Waals surface area (Å²) in [4.78, 5) is 6.40. The fourth-order valence-electron chi connectivity index (χ4n) is 8.89. The van der Waals surface area contributed by atoms with E-state index in [0.29, 0.717) is 22.7 Å². The molecule has 0 spiro atoms. The van der Waals surface area contributed by atoms with Crippen molar-refractivity contribution in [2.24, 2.45) is 40.4 Å². The van der Waals surface area contributed by atoms with Gasteiger partial charge in [0.15, 0.2) is 0 Å². The molecule has 0 amide bonds. The fourth-order valence-corrected chi connectivity index (χ4v) is 8.89. The van der Waals surface area contributed by atoms with Crippen LogP contribution in [0.4, 0.5) is 0 Å². The number of hydroxylamine groups is 1. The van der Waals surface area contributed by atoms with Crippen LogP contribution >= 0.6 is 0 Å². The molecule has 2 N–H and O–H groups in total. The van der Waals surface area contributed by atoms with Gasteiger partial charge in [0.1, 0.15) is 0 Å². The van der Waals surface area contributed by atoms with Gasteiger partial charge in [0, 0.05) is 13.1 Å². The summed E-state index contributed by atoms with van der Waals surface area (Å²) in [6.07, 6.45) is 12.0. The van der Waals surface area contributed by atoms with Gasteiger partial charge in [-0.2, -0.15) is 0 Å². The molecule has 4 aliphatic carbocycles. The zero-order valence-corrected chi connectivity index (χ0v) is 21.7. The molecule has 31 heavy (non-hydrogen) atoms. The molecule has 0 saturated heterocycles. The van der Waals surface area contributed by atoms with Gasteiger partial charge in [-0.1, -0.05) is 45.8 Å². The van der Waals surface area contributed by atoms with Gasteiger partial charge in [0.25, 0.3) is 0 Å². The molecule has 1 unspecified atom stereocenters. The molecule has 0 aromatic carbocycles. The highest BCUT2D eigenvalue weighted by Gasteiger charge is 2.61. The minimum Gasteiger partial charge on any atom is -0.317 e. The zero-order valence-electron chi connectivity index (χ0n) is 21.7. The number of allylic oxidation sites excluding steroid dienone is 1. The normalized spacial score (nSPS) is 46.4. The lowest BCUT2D eigenvalue weighted by Crippen LogP contribution is -2.55. The first-order chi connectivity index (χ1) is 14.6. The summed E-state index contributed by atoms with van der Waals surface area (Å²) in [6, 6.07) is 0.722. The van der Waals surface area contributed by atoms with E-state index >= 15 is 0 Å². The zero-order chi connectivity index (χ0) is 22.6. The number of fused-ring (bicyclic) bond motifs is 5. The van der Waals surface area contributed by atoms with Crippen LogP contribution in [0.1, 0.15) is 99.3 Å². The summed E-state index contributed by atoms with van der Waals surface area (Å²) >= 11 is 0. The Morgan fingerprint density at radius 3 is 2.39 bits per heavy atom. The van der Waals surface area contributed by atoms with Gasteiger partial charge in [-0.15, -0.1) is 0 Å². The van der Waals surface area contributed by atoms with Crippen LogP contribution in [-0.4, -0.2) is 25.7 Å². The van der Waals surface area contributed by atoms with Crippen molar-refractivity contribution in [1.29, 1.82) is 0 Å². The molecule has 4 rings (SSSR count). The van der Waals surface area contributed by atoms with Gasteiger partial charge >= 0.3 is 0 Å². The average molecular weight is 431 g/mol. The summed E-state index contributed by atoms with van der Waals surface area (Å²) in [5.74, 6) is 3.77. The second-order valence-corrected chi connectivity index (χ2v) is 12.8. The first-order valence-corrected chi connectivity index (χ1v) is 13.3. The fraction of sp³-hybridized carbons (Fsp3) is 0.929. The van der Waals surface area contributed by atoms with Crippen molar-refractivity contribution in [3.63, 3.8) is 0 Å². The molecule has 0 aliphatic heterocycles. The van der Waals surface area contributed by atoms with Crippen LogP contribution in [0.15, 0.2) is 11.1 Å².